The summed E-state index contributed by atoms with van der Waals surface area (Å²) in [7, 11) is 0. The van der Waals surface area contributed by atoms with E-state index in [0.29, 0.717) is 19.3 Å². The molecular formula is C75H136O6. The van der Waals surface area contributed by atoms with E-state index in [2.05, 4.69) is 81.5 Å². The number of carbonyl (C=O) groups excluding carboxylic acids is 3. The van der Waals surface area contributed by atoms with E-state index in [0.717, 1.165) is 96.3 Å². The molecule has 472 valence electrons. The number of hydrogen-bond acceptors (Lipinski definition) is 6. The van der Waals surface area contributed by atoms with Crippen LogP contribution in [0.3, 0.4) is 0 Å². The molecule has 6 heteroatoms. The molecular weight excluding hydrogens is 997 g/mol. The number of rotatable bonds is 66. The third-order valence-electron chi connectivity index (χ3n) is 16.0. The van der Waals surface area contributed by atoms with Gasteiger partial charge in [-0.2, -0.15) is 0 Å². The summed E-state index contributed by atoms with van der Waals surface area (Å²) in [6.07, 6.45) is 89.6. The van der Waals surface area contributed by atoms with Gasteiger partial charge in [-0.3, -0.25) is 14.4 Å². The van der Waals surface area contributed by atoms with Gasteiger partial charge in [-0.25, -0.2) is 0 Å². The molecule has 0 aromatic heterocycles. The lowest BCUT2D eigenvalue weighted by molar-refractivity contribution is -0.167. The lowest BCUT2D eigenvalue weighted by Crippen LogP contribution is -2.30. The summed E-state index contributed by atoms with van der Waals surface area (Å²) in [5.74, 6) is -0.864. The Morgan fingerprint density at radius 1 is 0.247 bits per heavy atom. The molecule has 0 N–H and O–H groups in total. The number of hydrogen-bond donors (Lipinski definition) is 0. The van der Waals surface area contributed by atoms with Gasteiger partial charge in [-0.05, 0) is 89.9 Å². The zero-order valence-corrected chi connectivity index (χ0v) is 54.3. The first kappa shape index (κ1) is 78.1. The van der Waals surface area contributed by atoms with E-state index in [4.69, 9.17) is 14.2 Å². The molecule has 0 bridgehead atoms. The van der Waals surface area contributed by atoms with E-state index in [-0.39, 0.29) is 31.1 Å². The molecule has 0 aliphatic rings. The summed E-state index contributed by atoms with van der Waals surface area (Å²) >= 11 is 0. The molecule has 1 atom stereocenters. The second-order valence-electron chi connectivity index (χ2n) is 24.1. The Bertz CT molecular complexity index is 1440. The zero-order chi connectivity index (χ0) is 58.5. The van der Waals surface area contributed by atoms with Crippen molar-refractivity contribution >= 4 is 17.9 Å². The van der Waals surface area contributed by atoms with E-state index < -0.39 is 6.10 Å². The Labute approximate surface area is 504 Å². The minimum absolute atomic E-state index is 0.0749. The van der Waals surface area contributed by atoms with E-state index >= 15 is 0 Å². The van der Waals surface area contributed by atoms with Crippen LogP contribution in [-0.4, -0.2) is 37.2 Å². The number of allylic oxidation sites excluding steroid dienone is 10. The third kappa shape index (κ3) is 67.8. The highest BCUT2D eigenvalue weighted by atomic mass is 16.6. The molecule has 0 saturated carbocycles. The van der Waals surface area contributed by atoms with Crippen LogP contribution in [0.5, 0.6) is 0 Å². The second kappa shape index (κ2) is 69.6. The first-order valence-corrected chi connectivity index (χ1v) is 35.8. The number of esters is 3. The van der Waals surface area contributed by atoms with Crippen LogP contribution in [0.15, 0.2) is 60.8 Å². The molecule has 0 saturated heterocycles. The quantitative estimate of drug-likeness (QED) is 0.0261. The third-order valence-corrected chi connectivity index (χ3v) is 16.0. The van der Waals surface area contributed by atoms with Gasteiger partial charge in [0.2, 0.25) is 0 Å². The number of ether oxygens (including phenoxy) is 3. The summed E-state index contributed by atoms with van der Waals surface area (Å²) in [4.78, 5) is 38.4. The Morgan fingerprint density at radius 3 is 0.704 bits per heavy atom. The monoisotopic (exact) mass is 1130 g/mol. The Kier molecular flexibility index (Phi) is 67.1. The van der Waals surface area contributed by atoms with Crippen molar-refractivity contribution < 1.29 is 28.6 Å². The smallest absolute Gasteiger partial charge is 0.306 e. The van der Waals surface area contributed by atoms with Crippen LogP contribution in [-0.2, 0) is 28.6 Å². The molecule has 81 heavy (non-hydrogen) atoms. The van der Waals surface area contributed by atoms with Crippen LogP contribution in [0.4, 0.5) is 0 Å². The predicted molar refractivity (Wildman–Crippen MR) is 353 cm³/mol. The van der Waals surface area contributed by atoms with Crippen molar-refractivity contribution in [2.24, 2.45) is 0 Å². The first-order valence-electron chi connectivity index (χ1n) is 35.8. The van der Waals surface area contributed by atoms with Crippen LogP contribution in [0, 0.1) is 0 Å². The number of unbranched alkanes of at least 4 members (excludes halogenated alkanes) is 45. The highest BCUT2D eigenvalue weighted by molar-refractivity contribution is 5.71. The molecule has 0 spiro atoms. The molecule has 0 aliphatic heterocycles. The maximum Gasteiger partial charge on any atom is 0.306 e. The predicted octanol–water partition coefficient (Wildman–Crippen LogP) is 24.7. The molecule has 0 rings (SSSR count). The van der Waals surface area contributed by atoms with E-state index in [1.807, 2.05) is 0 Å². The fraction of sp³-hybridized carbons (Fsp3) is 0.827. The molecule has 0 aliphatic carbocycles. The van der Waals surface area contributed by atoms with Crippen LogP contribution < -0.4 is 0 Å². The van der Waals surface area contributed by atoms with Crippen LogP contribution in [0.1, 0.15) is 380 Å². The van der Waals surface area contributed by atoms with E-state index in [1.54, 1.807) is 0 Å². The Balaban J connectivity index is 4.21. The molecule has 0 amide bonds. The normalized spacial score (nSPS) is 12.4. The fourth-order valence-corrected chi connectivity index (χ4v) is 10.6. The van der Waals surface area contributed by atoms with Crippen LogP contribution in [0.25, 0.3) is 0 Å². The molecule has 0 fully saturated rings. The minimum atomic E-state index is -0.780. The van der Waals surface area contributed by atoms with Gasteiger partial charge in [0, 0.05) is 19.3 Å². The fourth-order valence-electron chi connectivity index (χ4n) is 10.6. The average Bonchev–Trinajstić information content (AvgIpc) is 3.47. The Hall–Kier alpha value is -2.89. The van der Waals surface area contributed by atoms with Crippen LogP contribution in [0.2, 0.25) is 0 Å². The van der Waals surface area contributed by atoms with Gasteiger partial charge in [-0.1, -0.05) is 332 Å². The molecule has 6 nitrogen and oxygen atoms in total. The van der Waals surface area contributed by atoms with Gasteiger partial charge >= 0.3 is 17.9 Å². The van der Waals surface area contributed by atoms with E-state index in [9.17, 15) is 14.4 Å². The summed E-state index contributed by atoms with van der Waals surface area (Å²) in [5, 5.41) is 0. The van der Waals surface area contributed by atoms with Crippen molar-refractivity contribution in [2.75, 3.05) is 13.2 Å². The zero-order valence-electron chi connectivity index (χ0n) is 54.3. The van der Waals surface area contributed by atoms with Gasteiger partial charge in [0.1, 0.15) is 13.2 Å². The molecule has 0 aromatic carbocycles. The van der Waals surface area contributed by atoms with E-state index in [1.165, 1.54) is 244 Å². The van der Waals surface area contributed by atoms with Crippen LogP contribution >= 0.6 is 0 Å². The van der Waals surface area contributed by atoms with Crippen molar-refractivity contribution in [1.82, 2.24) is 0 Å². The first-order chi connectivity index (χ1) is 40.0. The topological polar surface area (TPSA) is 78.9 Å². The maximum absolute atomic E-state index is 12.9. The minimum Gasteiger partial charge on any atom is -0.462 e. The average molecular weight is 1130 g/mol. The van der Waals surface area contributed by atoms with Gasteiger partial charge in [0.15, 0.2) is 6.10 Å². The van der Waals surface area contributed by atoms with Gasteiger partial charge in [-0.15, -0.1) is 0 Å². The number of carbonyl (C=O) groups is 3. The highest BCUT2D eigenvalue weighted by Gasteiger charge is 2.19. The summed E-state index contributed by atoms with van der Waals surface area (Å²) in [6, 6.07) is 0. The summed E-state index contributed by atoms with van der Waals surface area (Å²) in [6.45, 7) is 6.66. The van der Waals surface area contributed by atoms with Gasteiger partial charge in [0.05, 0.1) is 0 Å². The van der Waals surface area contributed by atoms with Crippen molar-refractivity contribution in [3.63, 3.8) is 0 Å². The summed E-state index contributed by atoms with van der Waals surface area (Å²) in [5.41, 5.74) is 0. The SMILES string of the molecule is CCCCCC/C=C\C/C=C\CCCCCCCC(=O)OC(COC(=O)CCCCCCCCCCCCCCCCCC)COC(=O)CCCCCCCCCCCCCCCCCC/C=C\C/C=C\C/C=C\CCCCCCC. The molecule has 0 radical (unpaired) electrons. The second-order valence-corrected chi connectivity index (χ2v) is 24.1. The Morgan fingerprint density at radius 2 is 0.444 bits per heavy atom. The van der Waals surface area contributed by atoms with Crippen molar-refractivity contribution in [3.05, 3.63) is 60.8 Å². The van der Waals surface area contributed by atoms with Gasteiger partial charge in [0.25, 0.3) is 0 Å². The van der Waals surface area contributed by atoms with Gasteiger partial charge < -0.3 is 14.2 Å². The molecule has 0 aromatic rings. The highest BCUT2D eigenvalue weighted by Crippen LogP contribution is 2.18. The maximum atomic E-state index is 12.9. The molecule has 1 unspecified atom stereocenters. The van der Waals surface area contributed by atoms with Crippen molar-refractivity contribution in [3.8, 4) is 0 Å². The molecule has 0 heterocycles. The standard InChI is InChI=1S/C75H136O6/c1-4-7-10-13-16-19-22-25-28-31-32-33-34-35-36-37-38-39-40-41-42-43-44-45-48-50-53-56-59-62-65-68-74(77)80-71-72(81-75(78)69-66-63-60-57-54-51-47-30-27-24-21-18-15-12-9-6-3)70-79-73(76)67-64-61-58-55-52-49-46-29-26-23-20-17-14-11-8-5-2/h21-22,24-25,30-32,34-35,47,72H,4-20,23,26-29,33,36-46,48-71H2,1-3H3/b24-21-,25-22-,32-31-,35-34-,47-30-. The lowest BCUT2D eigenvalue weighted by atomic mass is 10.0. The lowest BCUT2D eigenvalue weighted by Gasteiger charge is -2.18. The summed E-state index contributed by atoms with van der Waals surface area (Å²) < 4.78 is 17.0. The van der Waals surface area contributed by atoms with Crippen molar-refractivity contribution in [2.45, 2.75) is 386 Å². The van der Waals surface area contributed by atoms with Crippen molar-refractivity contribution in [1.29, 1.82) is 0 Å². The largest absolute Gasteiger partial charge is 0.462 e.